The molecule has 0 bridgehead atoms. The number of hydrogen-bond acceptors (Lipinski definition) is 5. The van der Waals surface area contributed by atoms with E-state index in [2.05, 4.69) is 15.3 Å². The highest BCUT2D eigenvalue weighted by atomic mass is 19.1. The van der Waals surface area contributed by atoms with Crippen molar-refractivity contribution in [1.29, 1.82) is 0 Å². The first-order chi connectivity index (χ1) is 8.20. The highest BCUT2D eigenvalue weighted by Crippen LogP contribution is 2.18. The molecule has 5 nitrogen and oxygen atoms in total. The van der Waals surface area contributed by atoms with Crippen molar-refractivity contribution in [2.24, 2.45) is 0 Å². The summed E-state index contributed by atoms with van der Waals surface area (Å²) in [6.45, 7) is 0.448. The molecular weight excluding hydrogens is 223 g/mol. The van der Waals surface area contributed by atoms with E-state index in [0.29, 0.717) is 12.5 Å². The van der Waals surface area contributed by atoms with E-state index in [9.17, 15) is 4.39 Å². The first kappa shape index (κ1) is 11.4. The van der Waals surface area contributed by atoms with Crippen molar-refractivity contribution in [2.45, 2.75) is 6.54 Å². The fourth-order valence-corrected chi connectivity index (χ4v) is 1.46. The summed E-state index contributed by atoms with van der Waals surface area (Å²) in [6.07, 6.45) is 2.73. The van der Waals surface area contributed by atoms with Crippen LogP contribution in [0.4, 0.5) is 16.2 Å². The Balaban J connectivity index is 2.20. The Hall–Kier alpha value is -2.11. The summed E-state index contributed by atoms with van der Waals surface area (Å²) in [6, 6.07) is 3.62. The van der Waals surface area contributed by atoms with E-state index in [-0.39, 0.29) is 5.82 Å². The summed E-state index contributed by atoms with van der Waals surface area (Å²) in [5, 5.41) is 2.77. The van der Waals surface area contributed by atoms with E-state index >= 15 is 0 Å². The largest absolute Gasteiger partial charge is 0.467 e. The van der Waals surface area contributed by atoms with Gasteiger partial charge in [-0.3, -0.25) is 0 Å². The summed E-state index contributed by atoms with van der Waals surface area (Å²) in [4.78, 5) is 9.51. The normalized spacial score (nSPS) is 10.3. The van der Waals surface area contributed by atoms with Crippen LogP contribution < -0.4 is 10.2 Å². The summed E-state index contributed by atoms with van der Waals surface area (Å²) in [7, 11) is 3.43. The molecule has 0 radical (unpaired) electrons. The SMILES string of the molecule is CNc1ncc(F)c(N(C)Cc2ccco2)n1. The monoisotopic (exact) mass is 236 g/mol. The van der Waals surface area contributed by atoms with Gasteiger partial charge >= 0.3 is 0 Å². The van der Waals surface area contributed by atoms with Gasteiger partial charge in [0.2, 0.25) is 5.95 Å². The van der Waals surface area contributed by atoms with Crippen molar-refractivity contribution in [3.05, 3.63) is 36.2 Å². The Morgan fingerprint density at radius 3 is 3.00 bits per heavy atom. The van der Waals surface area contributed by atoms with Crippen LogP contribution in [0.25, 0.3) is 0 Å². The third-order valence-electron chi connectivity index (χ3n) is 2.28. The highest BCUT2D eigenvalue weighted by molar-refractivity contribution is 5.43. The molecule has 2 heterocycles. The van der Waals surface area contributed by atoms with Crippen LogP contribution >= 0.6 is 0 Å². The number of rotatable bonds is 4. The van der Waals surface area contributed by atoms with Crippen LogP contribution in [0.1, 0.15) is 5.76 Å². The Labute approximate surface area is 98.3 Å². The second-order valence-electron chi connectivity index (χ2n) is 3.55. The Morgan fingerprint density at radius 2 is 2.35 bits per heavy atom. The molecule has 2 rings (SSSR count). The average Bonchev–Trinajstić information content (AvgIpc) is 2.82. The van der Waals surface area contributed by atoms with Crippen LogP contribution in [0.15, 0.2) is 29.0 Å². The zero-order chi connectivity index (χ0) is 12.3. The maximum Gasteiger partial charge on any atom is 0.224 e. The smallest absolute Gasteiger partial charge is 0.224 e. The third-order valence-corrected chi connectivity index (χ3v) is 2.28. The molecule has 0 aliphatic rings. The molecule has 0 fully saturated rings. The quantitative estimate of drug-likeness (QED) is 0.878. The highest BCUT2D eigenvalue weighted by Gasteiger charge is 2.12. The zero-order valence-corrected chi connectivity index (χ0v) is 9.64. The van der Waals surface area contributed by atoms with Gasteiger partial charge in [0.05, 0.1) is 19.0 Å². The van der Waals surface area contributed by atoms with Crippen LogP contribution in [0.3, 0.4) is 0 Å². The molecule has 0 saturated heterocycles. The number of halogens is 1. The van der Waals surface area contributed by atoms with Crippen LogP contribution in [0.2, 0.25) is 0 Å². The van der Waals surface area contributed by atoms with Gasteiger partial charge in [0.1, 0.15) is 5.76 Å². The zero-order valence-electron chi connectivity index (χ0n) is 9.64. The van der Waals surface area contributed by atoms with E-state index in [4.69, 9.17) is 4.42 Å². The third kappa shape index (κ3) is 2.52. The van der Waals surface area contributed by atoms with Crippen LogP contribution in [-0.4, -0.2) is 24.1 Å². The number of hydrogen-bond donors (Lipinski definition) is 1. The molecule has 0 aromatic carbocycles. The summed E-state index contributed by atoms with van der Waals surface area (Å²) >= 11 is 0. The second kappa shape index (κ2) is 4.82. The van der Waals surface area contributed by atoms with Gasteiger partial charge in [0.25, 0.3) is 0 Å². The molecule has 1 N–H and O–H groups in total. The first-order valence-corrected chi connectivity index (χ1v) is 5.14. The Morgan fingerprint density at radius 1 is 1.53 bits per heavy atom. The van der Waals surface area contributed by atoms with E-state index in [0.717, 1.165) is 12.0 Å². The minimum atomic E-state index is -0.460. The predicted molar refractivity (Wildman–Crippen MR) is 62.4 cm³/mol. The number of nitrogens with one attached hydrogen (secondary N) is 1. The maximum atomic E-state index is 13.6. The van der Waals surface area contributed by atoms with Crippen LogP contribution in [0, 0.1) is 5.82 Å². The number of aromatic nitrogens is 2. The average molecular weight is 236 g/mol. The van der Waals surface area contributed by atoms with Crippen molar-refractivity contribution in [3.8, 4) is 0 Å². The van der Waals surface area contributed by atoms with Gasteiger partial charge in [-0.15, -0.1) is 0 Å². The molecule has 0 spiro atoms. The van der Waals surface area contributed by atoms with E-state index in [1.807, 2.05) is 6.07 Å². The van der Waals surface area contributed by atoms with Crippen molar-refractivity contribution in [3.63, 3.8) is 0 Å². The molecule has 0 saturated carbocycles. The molecule has 0 atom stereocenters. The molecule has 17 heavy (non-hydrogen) atoms. The molecule has 90 valence electrons. The lowest BCUT2D eigenvalue weighted by Gasteiger charge is -2.17. The lowest BCUT2D eigenvalue weighted by molar-refractivity contribution is 0.504. The molecule has 0 unspecified atom stereocenters. The molecule has 2 aromatic heterocycles. The lowest BCUT2D eigenvalue weighted by atomic mass is 10.4. The second-order valence-corrected chi connectivity index (χ2v) is 3.55. The molecule has 2 aromatic rings. The van der Waals surface area contributed by atoms with Gasteiger partial charge in [-0.2, -0.15) is 4.98 Å². The molecule has 0 amide bonds. The molecule has 0 aliphatic carbocycles. The van der Waals surface area contributed by atoms with Gasteiger partial charge in [0, 0.05) is 14.1 Å². The maximum absolute atomic E-state index is 13.6. The van der Waals surface area contributed by atoms with Crippen molar-refractivity contribution in [2.75, 3.05) is 24.3 Å². The lowest BCUT2D eigenvalue weighted by Crippen LogP contribution is -2.19. The fourth-order valence-electron chi connectivity index (χ4n) is 1.46. The Bertz CT molecular complexity index is 486. The minimum Gasteiger partial charge on any atom is -0.467 e. The summed E-state index contributed by atoms with van der Waals surface area (Å²) < 4.78 is 18.8. The summed E-state index contributed by atoms with van der Waals surface area (Å²) in [5.74, 6) is 0.906. The van der Waals surface area contributed by atoms with Gasteiger partial charge in [-0.1, -0.05) is 0 Å². The topological polar surface area (TPSA) is 54.2 Å². The van der Waals surface area contributed by atoms with Gasteiger partial charge in [-0.25, -0.2) is 9.37 Å². The summed E-state index contributed by atoms with van der Waals surface area (Å²) in [5.41, 5.74) is 0. The molecule has 0 aliphatic heterocycles. The fraction of sp³-hybridized carbons (Fsp3) is 0.273. The van der Waals surface area contributed by atoms with Gasteiger partial charge in [-0.05, 0) is 12.1 Å². The number of furan rings is 1. The minimum absolute atomic E-state index is 0.237. The molecule has 6 heteroatoms. The number of anilines is 2. The van der Waals surface area contributed by atoms with Gasteiger partial charge < -0.3 is 14.6 Å². The predicted octanol–water partition coefficient (Wildman–Crippen LogP) is 1.89. The first-order valence-electron chi connectivity index (χ1n) is 5.14. The van der Waals surface area contributed by atoms with Crippen molar-refractivity contribution >= 4 is 11.8 Å². The Kier molecular flexibility index (Phi) is 3.22. The molecular formula is C11H13FN4O. The van der Waals surface area contributed by atoms with Gasteiger partial charge in [0.15, 0.2) is 11.6 Å². The van der Waals surface area contributed by atoms with Crippen molar-refractivity contribution < 1.29 is 8.81 Å². The van der Waals surface area contributed by atoms with Crippen molar-refractivity contribution in [1.82, 2.24) is 9.97 Å². The van der Waals surface area contributed by atoms with Crippen LogP contribution in [-0.2, 0) is 6.54 Å². The standard InChI is InChI=1S/C11H13FN4O/c1-13-11-14-6-9(12)10(15-11)16(2)7-8-4-3-5-17-8/h3-6H,7H2,1-2H3,(H,13,14,15). The van der Waals surface area contributed by atoms with E-state index in [1.165, 1.54) is 0 Å². The van der Waals surface area contributed by atoms with Crippen LogP contribution in [0.5, 0.6) is 0 Å². The number of nitrogens with zero attached hydrogens (tertiary/aromatic N) is 3. The van der Waals surface area contributed by atoms with E-state index < -0.39 is 5.82 Å². The van der Waals surface area contributed by atoms with E-state index in [1.54, 1.807) is 31.3 Å².